The fraction of sp³-hybridized carbons (Fsp3) is 0.562. The van der Waals surface area contributed by atoms with Gasteiger partial charge in [0.15, 0.2) is 0 Å². The van der Waals surface area contributed by atoms with Gasteiger partial charge in [-0.3, -0.25) is 4.79 Å². The summed E-state index contributed by atoms with van der Waals surface area (Å²) < 4.78 is 5.66. The van der Waals surface area contributed by atoms with E-state index in [-0.39, 0.29) is 5.91 Å². The Kier molecular flexibility index (Phi) is 6.34. The van der Waals surface area contributed by atoms with Crippen molar-refractivity contribution in [2.24, 2.45) is 5.41 Å². The van der Waals surface area contributed by atoms with Crippen molar-refractivity contribution in [2.75, 3.05) is 26.1 Å². The molecule has 20 heavy (non-hydrogen) atoms. The van der Waals surface area contributed by atoms with Crippen LogP contribution in [0.4, 0.5) is 0 Å². The summed E-state index contributed by atoms with van der Waals surface area (Å²) in [7, 11) is 1.81. The number of rotatable bonds is 7. The monoisotopic (exact) mass is 297 g/mol. The van der Waals surface area contributed by atoms with Crippen LogP contribution in [-0.2, 0) is 4.79 Å². The summed E-state index contributed by atoms with van der Waals surface area (Å²) in [5.41, 5.74) is 0.673. The number of aryl methyl sites for hydroxylation is 1. The highest BCUT2D eigenvalue weighted by molar-refractivity contribution is 6.19. The Morgan fingerprint density at radius 3 is 2.70 bits per heavy atom. The van der Waals surface area contributed by atoms with E-state index in [1.165, 1.54) is 5.56 Å². The van der Waals surface area contributed by atoms with Crippen LogP contribution in [0.5, 0.6) is 5.75 Å². The van der Waals surface area contributed by atoms with Crippen molar-refractivity contribution in [1.82, 2.24) is 4.90 Å². The molecule has 1 rings (SSSR count). The maximum atomic E-state index is 12.1. The molecule has 1 aromatic carbocycles. The molecule has 0 aliphatic carbocycles. The largest absolute Gasteiger partial charge is 0.494 e. The minimum absolute atomic E-state index is 0.0723. The number of amides is 1. The molecule has 0 aromatic heterocycles. The Bertz CT molecular complexity index is 446. The summed E-state index contributed by atoms with van der Waals surface area (Å²) in [4.78, 5) is 13.8. The standard InChI is InChI=1S/C16H24ClNO2/c1-13-7-5-8-14(11-13)20-10-6-9-18(4)15(19)16(2,3)12-17/h5,7-8,11H,6,9-10,12H2,1-4H3. The zero-order valence-electron chi connectivity index (χ0n) is 12.8. The van der Waals surface area contributed by atoms with Gasteiger partial charge in [-0.15, -0.1) is 11.6 Å². The minimum atomic E-state index is -0.506. The van der Waals surface area contributed by atoms with Crippen molar-refractivity contribution in [1.29, 1.82) is 0 Å². The number of hydrogen-bond donors (Lipinski definition) is 0. The first kappa shape index (κ1) is 16.8. The quantitative estimate of drug-likeness (QED) is 0.569. The second-order valence-corrected chi connectivity index (χ2v) is 6.03. The number of benzene rings is 1. The first-order valence-corrected chi connectivity index (χ1v) is 7.41. The summed E-state index contributed by atoms with van der Waals surface area (Å²) in [6, 6.07) is 7.96. The fourth-order valence-electron chi connectivity index (χ4n) is 1.87. The second kappa shape index (κ2) is 7.53. The maximum Gasteiger partial charge on any atom is 0.229 e. The third-order valence-corrected chi connectivity index (χ3v) is 3.82. The van der Waals surface area contributed by atoms with Gasteiger partial charge in [0.05, 0.1) is 12.0 Å². The first-order chi connectivity index (χ1) is 9.36. The second-order valence-electron chi connectivity index (χ2n) is 5.76. The van der Waals surface area contributed by atoms with Gasteiger partial charge in [0.25, 0.3) is 0 Å². The Morgan fingerprint density at radius 1 is 1.40 bits per heavy atom. The van der Waals surface area contributed by atoms with Gasteiger partial charge in [0, 0.05) is 19.5 Å². The molecule has 0 fully saturated rings. The number of ether oxygens (including phenoxy) is 1. The average molecular weight is 298 g/mol. The van der Waals surface area contributed by atoms with E-state index < -0.39 is 5.41 Å². The molecule has 1 amide bonds. The number of carbonyl (C=O) groups is 1. The molecule has 3 nitrogen and oxygen atoms in total. The molecule has 0 N–H and O–H groups in total. The lowest BCUT2D eigenvalue weighted by atomic mass is 9.94. The first-order valence-electron chi connectivity index (χ1n) is 6.88. The van der Waals surface area contributed by atoms with Gasteiger partial charge in [0.2, 0.25) is 5.91 Å². The molecule has 0 saturated carbocycles. The smallest absolute Gasteiger partial charge is 0.229 e. The summed E-state index contributed by atoms with van der Waals surface area (Å²) in [6.07, 6.45) is 0.800. The van der Waals surface area contributed by atoms with Gasteiger partial charge >= 0.3 is 0 Å². The lowest BCUT2D eigenvalue weighted by molar-refractivity contribution is -0.137. The van der Waals surface area contributed by atoms with E-state index >= 15 is 0 Å². The number of carbonyl (C=O) groups excluding carboxylic acids is 1. The lowest BCUT2D eigenvalue weighted by Gasteiger charge is -2.27. The Morgan fingerprint density at radius 2 is 2.10 bits per heavy atom. The third-order valence-electron chi connectivity index (χ3n) is 3.16. The Balaban J connectivity index is 2.32. The van der Waals surface area contributed by atoms with Crippen LogP contribution in [0.15, 0.2) is 24.3 Å². The molecule has 0 bridgehead atoms. The van der Waals surface area contributed by atoms with Gasteiger partial charge < -0.3 is 9.64 Å². The van der Waals surface area contributed by atoms with E-state index in [1.54, 1.807) is 4.90 Å². The normalized spacial score (nSPS) is 11.2. The fourth-order valence-corrected chi connectivity index (χ4v) is 1.99. The van der Waals surface area contributed by atoms with Crippen LogP contribution in [0.2, 0.25) is 0 Å². The molecule has 0 heterocycles. The molecule has 0 saturated heterocycles. The van der Waals surface area contributed by atoms with Crippen molar-refractivity contribution in [3.63, 3.8) is 0 Å². The van der Waals surface area contributed by atoms with Crippen LogP contribution in [0.1, 0.15) is 25.8 Å². The van der Waals surface area contributed by atoms with Crippen LogP contribution in [0.25, 0.3) is 0 Å². The maximum absolute atomic E-state index is 12.1. The topological polar surface area (TPSA) is 29.5 Å². The van der Waals surface area contributed by atoms with Gasteiger partial charge in [-0.2, -0.15) is 0 Å². The zero-order chi connectivity index (χ0) is 15.2. The Hall–Kier alpha value is -1.22. The van der Waals surface area contributed by atoms with E-state index in [0.717, 1.165) is 12.2 Å². The van der Waals surface area contributed by atoms with Crippen molar-refractivity contribution < 1.29 is 9.53 Å². The molecule has 0 radical (unpaired) electrons. The lowest BCUT2D eigenvalue weighted by Crippen LogP contribution is -2.40. The van der Waals surface area contributed by atoms with E-state index in [2.05, 4.69) is 0 Å². The van der Waals surface area contributed by atoms with E-state index in [4.69, 9.17) is 16.3 Å². The van der Waals surface area contributed by atoms with Crippen LogP contribution in [-0.4, -0.2) is 36.9 Å². The van der Waals surface area contributed by atoms with Crippen LogP contribution in [0.3, 0.4) is 0 Å². The Labute approximate surface area is 126 Å². The van der Waals surface area contributed by atoms with Crippen molar-refractivity contribution in [3.05, 3.63) is 29.8 Å². The molecule has 0 aliphatic heterocycles. The summed E-state index contributed by atoms with van der Waals surface area (Å²) in [5.74, 6) is 1.28. The zero-order valence-corrected chi connectivity index (χ0v) is 13.5. The van der Waals surface area contributed by atoms with Gasteiger partial charge in [-0.25, -0.2) is 0 Å². The molecule has 0 spiro atoms. The predicted octanol–water partition coefficient (Wildman–Crippen LogP) is 3.49. The third kappa shape index (κ3) is 5.04. The minimum Gasteiger partial charge on any atom is -0.494 e. The summed E-state index contributed by atoms with van der Waals surface area (Å²) in [6.45, 7) is 7.03. The summed E-state index contributed by atoms with van der Waals surface area (Å²) >= 11 is 5.82. The molecule has 0 unspecified atom stereocenters. The molecule has 4 heteroatoms. The molecular formula is C16H24ClNO2. The molecule has 112 valence electrons. The van der Waals surface area contributed by atoms with E-state index in [9.17, 15) is 4.79 Å². The summed E-state index contributed by atoms with van der Waals surface area (Å²) in [5, 5.41) is 0. The number of alkyl halides is 1. The average Bonchev–Trinajstić information content (AvgIpc) is 2.42. The highest BCUT2D eigenvalue weighted by Crippen LogP contribution is 2.20. The van der Waals surface area contributed by atoms with Gasteiger partial charge in [-0.1, -0.05) is 12.1 Å². The predicted molar refractivity (Wildman–Crippen MR) is 83.4 cm³/mol. The van der Waals surface area contributed by atoms with Crippen molar-refractivity contribution in [2.45, 2.75) is 27.2 Å². The molecular weight excluding hydrogens is 274 g/mol. The highest BCUT2D eigenvalue weighted by Gasteiger charge is 2.29. The highest BCUT2D eigenvalue weighted by atomic mass is 35.5. The van der Waals surface area contributed by atoms with Crippen molar-refractivity contribution >= 4 is 17.5 Å². The van der Waals surface area contributed by atoms with Gasteiger partial charge in [-0.05, 0) is 44.9 Å². The number of hydrogen-bond acceptors (Lipinski definition) is 2. The van der Waals surface area contributed by atoms with E-state index in [1.807, 2.05) is 52.1 Å². The number of halogens is 1. The van der Waals surface area contributed by atoms with Crippen molar-refractivity contribution in [3.8, 4) is 5.75 Å². The molecule has 0 atom stereocenters. The SMILES string of the molecule is Cc1cccc(OCCCN(C)C(=O)C(C)(C)CCl)c1. The van der Waals surface area contributed by atoms with Crippen LogP contribution < -0.4 is 4.74 Å². The van der Waals surface area contributed by atoms with Crippen LogP contribution in [0, 0.1) is 12.3 Å². The molecule has 0 aliphatic rings. The van der Waals surface area contributed by atoms with Gasteiger partial charge in [0.1, 0.15) is 5.75 Å². The van der Waals surface area contributed by atoms with E-state index in [0.29, 0.717) is 19.0 Å². The number of nitrogens with zero attached hydrogens (tertiary/aromatic N) is 1. The van der Waals surface area contributed by atoms with Crippen LogP contribution >= 0.6 is 11.6 Å². The molecule has 1 aromatic rings.